The van der Waals surface area contributed by atoms with Crippen molar-refractivity contribution in [1.29, 1.82) is 0 Å². The Morgan fingerprint density at radius 1 is 0.348 bits per heavy atom. The van der Waals surface area contributed by atoms with Crippen LogP contribution in [-0.4, -0.2) is 4.57 Å². The first-order valence-electron chi connectivity index (χ1n) is 15.8. The smallest absolute Gasteiger partial charge is 0.0541 e. The van der Waals surface area contributed by atoms with Gasteiger partial charge in [0.15, 0.2) is 0 Å². The highest BCUT2D eigenvalue weighted by Crippen LogP contribution is 2.40. The monoisotopic (exact) mass is 601 g/mol. The molecule has 10 rings (SSSR count). The molecule has 0 radical (unpaired) electrons. The highest BCUT2D eigenvalue weighted by molar-refractivity contribution is 7.25. The fourth-order valence-corrected chi connectivity index (χ4v) is 8.52. The van der Waals surface area contributed by atoms with Crippen LogP contribution in [0.1, 0.15) is 0 Å². The zero-order valence-electron chi connectivity index (χ0n) is 24.9. The second kappa shape index (κ2) is 9.90. The van der Waals surface area contributed by atoms with E-state index in [2.05, 4.69) is 168 Å². The summed E-state index contributed by atoms with van der Waals surface area (Å²) in [7, 11) is 0. The molecule has 1 nitrogen and oxygen atoms in total. The molecule has 214 valence electrons. The van der Waals surface area contributed by atoms with Gasteiger partial charge in [0.1, 0.15) is 0 Å². The van der Waals surface area contributed by atoms with Gasteiger partial charge in [-0.2, -0.15) is 0 Å². The van der Waals surface area contributed by atoms with Crippen molar-refractivity contribution in [2.75, 3.05) is 0 Å². The molecule has 0 spiro atoms. The van der Waals surface area contributed by atoms with Crippen molar-refractivity contribution in [3.8, 4) is 27.9 Å². The van der Waals surface area contributed by atoms with Crippen LogP contribution >= 0.6 is 11.3 Å². The SMILES string of the molecule is c1ccc2c(-c3ccc(-n4c5ccccc5c5cc(-c6ccc7sc8ccccc8c7c6)ccc54)cc3)c3ccccc3cc2c1. The maximum absolute atomic E-state index is 2.41. The summed E-state index contributed by atoms with van der Waals surface area (Å²) in [6.45, 7) is 0. The van der Waals surface area contributed by atoms with Crippen LogP contribution in [0.3, 0.4) is 0 Å². The van der Waals surface area contributed by atoms with Crippen LogP contribution in [-0.2, 0) is 0 Å². The van der Waals surface area contributed by atoms with Crippen molar-refractivity contribution in [3.63, 3.8) is 0 Å². The quantitative estimate of drug-likeness (QED) is 0.178. The molecule has 46 heavy (non-hydrogen) atoms. The molecule has 2 heteroatoms. The van der Waals surface area contributed by atoms with Crippen LogP contribution < -0.4 is 0 Å². The lowest BCUT2D eigenvalue weighted by Gasteiger charge is -2.14. The Kier molecular flexibility index (Phi) is 5.51. The van der Waals surface area contributed by atoms with E-state index in [0.717, 1.165) is 0 Å². The third kappa shape index (κ3) is 3.81. The van der Waals surface area contributed by atoms with Crippen LogP contribution in [0.15, 0.2) is 164 Å². The van der Waals surface area contributed by atoms with Gasteiger partial charge in [-0.3, -0.25) is 0 Å². The molecule has 2 aromatic heterocycles. The molecule has 0 atom stereocenters. The van der Waals surface area contributed by atoms with Gasteiger partial charge in [-0.15, -0.1) is 11.3 Å². The minimum absolute atomic E-state index is 1.17. The first-order chi connectivity index (χ1) is 22.8. The first kappa shape index (κ1) is 25.6. The molecular formula is C44H27NS. The average Bonchev–Trinajstić information content (AvgIpc) is 3.66. The summed E-state index contributed by atoms with van der Waals surface area (Å²) in [6, 6.07) is 60.3. The van der Waals surface area contributed by atoms with E-state index < -0.39 is 0 Å². The predicted octanol–water partition coefficient (Wildman–Crippen LogP) is 12.8. The third-order valence-electron chi connectivity index (χ3n) is 9.57. The summed E-state index contributed by atoms with van der Waals surface area (Å²) in [5.41, 5.74) is 8.62. The third-order valence-corrected chi connectivity index (χ3v) is 10.7. The number of thiophene rings is 1. The number of nitrogens with zero attached hydrogens (tertiary/aromatic N) is 1. The molecule has 0 amide bonds. The Labute approximate surface area is 270 Å². The van der Waals surface area contributed by atoms with Gasteiger partial charge < -0.3 is 4.57 Å². The van der Waals surface area contributed by atoms with Crippen molar-refractivity contribution >= 4 is 74.9 Å². The molecule has 0 bridgehead atoms. The number of aromatic nitrogens is 1. The highest BCUT2D eigenvalue weighted by atomic mass is 32.1. The number of hydrogen-bond acceptors (Lipinski definition) is 1. The zero-order valence-corrected chi connectivity index (χ0v) is 25.8. The van der Waals surface area contributed by atoms with E-state index in [1.165, 1.54) is 91.5 Å². The summed E-state index contributed by atoms with van der Waals surface area (Å²) < 4.78 is 5.09. The second-order valence-corrected chi connectivity index (χ2v) is 13.2. The molecule has 0 saturated heterocycles. The lowest BCUT2D eigenvalue weighted by atomic mass is 9.92. The molecule has 0 N–H and O–H groups in total. The lowest BCUT2D eigenvalue weighted by molar-refractivity contribution is 1.18. The standard InChI is InChI=1S/C44H27NS/c1-3-11-34-31(9-1)25-32-10-2-4-12-35(32)44(34)28-17-21-33(22-18-28)45-40-15-7-5-13-36(40)38-26-29(19-23-41(38)45)30-20-24-43-39(27-30)37-14-6-8-16-42(37)46-43/h1-27H. The minimum atomic E-state index is 1.17. The van der Waals surface area contributed by atoms with E-state index in [1.54, 1.807) is 0 Å². The highest BCUT2D eigenvalue weighted by Gasteiger charge is 2.15. The fourth-order valence-electron chi connectivity index (χ4n) is 7.44. The van der Waals surface area contributed by atoms with Crippen LogP contribution in [0.25, 0.3) is 91.5 Å². The van der Waals surface area contributed by atoms with Crippen LogP contribution in [0.2, 0.25) is 0 Å². The topological polar surface area (TPSA) is 4.93 Å². The summed E-state index contributed by atoms with van der Waals surface area (Å²) in [5.74, 6) is 0. The molecule has 0 fully saturated rings. The maximum Gasteiger partial charge on any atom is 0.0541 e. The minimum Gasteiger partial charge on any atom is -0.309 e. The molecule has 0 aliphatic heterocycles. The lowest BCUT2D eigenvalue weighted by Crippen LogP contribution is -1.94. The largest absolute Gasteiger partial charge is 0.309 e. The number of hydrogen-bond donors (Lipinski definition) is 0. The molecule has 0 aliphatic rings. The molecule has 0 aliphatic carbocycles. The van der Waals surface area contributed by atoms with Gasteiger partial charge in [-0.25, -0.2) is 0 Å². The average molecular weight is 602 g/mol. The Morgan fingerprint density at radius 2 is 0.891 bits per heavy atom. The van der Waals surface area contributed by atoms with E-state index in [0.29, 0.717) is 0 Å². The fraction of sp³-hybridized carbons (Fsp3) is 0. The van der Waals surface area contributed by atoms with Crippen LogP contribution in [0.4, 0.5) is 0 Å². The van der Waals surface area contributed by atoms with E-state index in [4.69, 9.17) is 0 Å². The van der Waals surface area contributed by atoms with Gasteiger partial charge >= 0.3 is 0 Å². The summed E-state index contributed by atoms with van der Waals surface area (Å²) >= 11 is 1.87. The molecule has 2 heterocycles. The van der Waals surface area contributed by atoms with Crippen LogP contribution in [0.5, 0.6) is 0 Å². The van der Waals surface area contributed by atoms with Crippen LogP contribution in [0, 0.1) is 0 Å². The van der Waals surface area contributed by atoms with Gasteiger partial charge in [0.2, 0.25) is 0 Å². The Morgan fingerprint density at radius 3 is 1.65 bits per heavy atom. The van der Waals surface area contributed by atoms with Gasteiger partial charge in [0.25, 0.3) is 0 Å². The van der Waals surface area contributed by atoms with Crippen molar-refractivity contribution < 1.29 is 0 Å². The summed E-state index contributed by atoms with van der Waals surface area (Å²) in [4.78, 5) is 0. The number of benzene rings is 8. The Balaban J connectivity index is 1.13. The molecule has 8 aromatic carbocycles. The summed E-state index contributed by atoms with van der Waals surface area (Å²) in [5, 5.41) is 10.3. The summed E-state index contributed by atoms with van der Waals surface area (Å²) in [6.07, 6.45) is 0. The normalized spacial score (nSPS) is 11.9. The van der Waals surface area contributed by atoms with Gasteiger partial charge in [-0.05, 0) is 98.4 Å². The molecule has 0 unspecified atom stereocenters. The number of para-hydroxylation sites is 1. The van der Waals surface area contributed by atoms with Crippen molar-refractivity contribution in [1.82, 2.24) is 4.57 Å². The molecule has 10 aromatic rings. The Bertz CT molecular complexity index is 2740. The molecule has 0 saturated carbocycles. The van der Waals surface area contributed by atoms with E-state index >= 15 is 0 Å². The van der Waals surface area contributed by atoms with Gasteiger partial charge in [0, 0.05) is 36.6 Å². The second-order valence-electron chi connectivity index (χ2n) is 12.1. The van der Waals surface area contributed by atoms with Crippen molar-refractivity contribution in [3.05, 3.63) is 164 Å². The zero-order chi connectivity index (χ0) is 30.2. The van der Waals surface area contributed by atoms with Crippen molar-refractivity contribution in [2.45, 2.75) is 0 Å². The number of rotatable bonds is 3. The molecular weight excluding hydrogens is 575 g/mol. The van der Waals surface area contributed by atoms with E-state index in [-0.39, 0.29) is 0 Å². The van der Waals surface area contributed by atoms with E-state index in [9.17, 15) is 0 Å². The van der Waals surface area contributed by atoms with E-state index in [1.807, 2.05) is 11.3 Å². The van der Waals surface area contributed by atoms with Crippen molar-refractivity contribution in [2.24, 2.45) is 0 Å². The van der Waals surface area contributed by atoms with Gasteiger partial charge in [0.05, 0.1) is 11.0 Å². The van der Waals surface area contributed by atoms with Gasteiger partial charge in [-0.1, -0.05) is 109 Å². The predicted molar refractivity (Wildman–Crippen MR) is 200 cm³/mol. The Hall–Kier alpha value is -5.70. The number of fused-ring (bicyclic) bond motifs is 8. The first-order valence-corrected chi connectivity index (χ1v) is 16.6. The maximum atomic E-state index is 2.41.